The van der Waals surface area contributed by atoms with E-state index in [1.165, 1.54) is 13.8 Å². The van der Waals surface area contributed by atoms with Crippen LogP contribution >= 0.6 is 0 Å². The molecule has 1 heterocycles. The van der Waals surface area contributed by atoms with Crippen molar-refractivity contribution in [1.29, 1.82) is 0 Å². The largest absolute Gasteiger partial charge is 0.381 e. The molecule has 2 rings (SSSR count). The Labute approximate surface area is 111 Å². The molecule has 0 unspecified atom stereocenters. The quantitative estimate of drug-likeness (QED) is 0.883. The van der Waals surface area contributed by atoms with E-state index < -0.39 is 11.5 Å². The molecule has 0 atom stereocenters. The van der Waals surface area contributed by atoms with Gasteiger partial charge in [0.05, 0.1) is 11.9 Å². The maximum atomic E-state index is 11.7. The van der Waals surface area contributed by atoms with Crippen molar-refractivity contribution in [2.24, 2.45) is 7.05 Å². The second-order valence-electron chi connectivity index (χ2n) is 4.91. The first kappa shape index (κ1) is 13.3. The van der Waals surface area contributed by atoms with Gasteiger partial charge >= 0.3 is 0 Å². The average molecular weight is 259 g/mol. The summed E-state index contributed by atoms with van der Waals surface area (Å²) in [6.45, 7) is 2.87. The summed E-state index contributed by atoms with van der Waals surface area (Å²) in [4.78, 5) is 15.9. The molecule has 0 fully saturated rings. The molecule has 0 radical (unpaired) electrons. The fraction of sp³-hybridized carbons (Fsp3) is 0.286. The van der Waals surface area contributed by atoms with Crippen LogP contribution in [0, 0.1) is 0 Å². The summed E-state index contributed by atoms with van der Waals surface area (Å²) >= 11 is 0. The molecule has 2 aromatic rings. The summed E-state index contributed by atoms with van der Waals surface area (Å²) in [5.74, 6) is -0.0770. The second-order valence-corrected chi connectivity index (χ2v) is 4.91. The number of amides is 1. The van der Waals surface area contributed by atoms with Gasteiger partial charge in [-0.1, -0.05) is 30.3 Å². The van der Waals surface area contributed by atoms with Gasteiger partial charge in [-0.25, -0.2) is 4.98 Å². The molecular weight excluding hydrogens is 242 g/mol. The summed E-state index contributed by atoms with van der Waals surface area (Å²) in [5, 5.41) is 12.2. The predicted molar refractivity (Wildman–Crippen MR) is 73.6 cm³/mol. The van der Waals surface area contributed by atoms with Gasteiger partial charge in [-0.15, -0.1) is 0 Å². The van der Waals surface area contributed by atoms with Crippen LogP contribution in [-0.4, -0.2) is 26.2 Å². The Morgan fingerprint density at radius 1 is 1.32 bits per heavy atom. The normalized spacial score (nSPS) is 11.4. The molecule has 0 aliphatic carbocycles. The molecule has 0 saturated heterocycles. The molecule has 1 amide bonds. The third-order valence-electron chi connectivity index (χ3n) is 2.84. The van der Waals surface area contributed by atoms with Crippen LogP contribution < -0.4 is 5.32 Å². The molecule has 5 heteroatoms. The maximum absolute atomic E-state index is 11.7. The zero-order valence-electron chi connectivity index (χ0n) is 11.2. The van der Waals surface area contributed by atoms with Crippen molar-refractivity contribution >= 4 is 11.9 Å². The Balaban J connectivity index is 2.27. The van der Waals surface area contributed by atoms with E-state index >= 15 is 0 Å². The van der Waals surface area contributed by atoms with Crippen LogP contribution in [0.2, 0.25) is 0 Å². The van der Waals surface area contributed by atoms with Crippen LogP contribution in [0.25, 0.3) is 11.3 Å². The van der Waals surface area contributed by atoms with Crippen LogP contribution in [0.5, 0.6) is 0 Å². The van der Waals surface area contributed by atoms with Crippen LogP contribution in [0.3, 0.4) is 0 Å². The summed E-state index contributed by atoms with van der Waals surface area (Å²) in [7, 11) is 1.81. The van der Waals surface area contributed by atoms with Gasteiger partial charge in [-0.2, -0.15) is 0 Å². The molecule has 5 nitrogen and oxygen atoms in total. The summed E-state index contributed by atoms with van der Waals surface area (Å²) in [6.07, 6.45) is 1.69. The van der Waals surface area contributed by atoms with Gasteiger partial charge < -0.3 is 9.67 Å². The van der Waals surface area contributed by atoms with E-state index in [4.69, 9.17) is 0 Å². The van der Waals surface area contributed by atoms with Gasteiger partial charge in [0.25, 0.3) is 5.91 Å². The molecule has 19 heavy (non-hydrogen) atoms. The minimum atomic E-state index is -1.43. The first-order valence-electron chi connectivity index (χ1n) is 6.00. The van der Waals surface area contributed by atoms with Gasteiger partial charge in [-0.3, -0.25) is 10.1 Å². The Morgan fingerprint density at radius 2 is 1.95 bits per heavy atom. The topological polar surface area (TPSA) is 67.2 Å². The lowest BCUT2D eigenvalue weighted by atomic mass is 10.1. The highest BCUT2D eigenvalue weighted by Gasteiger charge is 2.25. The monoisotopic (exact) mass is 259 g/mol. The number of hydrogen-bond acceptors (Lipinski definition) is 3. The number of carbonyl (C=O) groups is 1. The van der Waals surface area contributed by atoms with E-state index in [1.54, 1.807) is 10.8 Å². The lowest BCUT2D eigenvalue weighted by Gasteiger charge is -2.16. The molecule has 0 aliphatic rings. The number of nitrogens with one attached hydrogen (secondary N) is 1. The van der Waals surface area contributed by atoms with Crippen molar-refractivity contribution in [3.05, 3.63) is 36.5 Å². The lowest BCUT2D eigenvalue weighted by molar-refractivity contribution is -0.130. The third-order valence-corrected chi connectivity index (χ3v) is 2.84. The molecule has 1 aromatic heterocycles. The standard InChI is InChI=1S/C14H17N3O2/c1-14(2,19)12(18)16-13-15-9-11(17(13)3)10-7-5-4-6-8-10/h4-9,19H,1-3H3,(H,15,16,18). The molecule has 0 aliphatic heterocycles. The highest BCUT2D eigenvalue weighted by Crippen LogP contribution is 2.21. The zero-order chi connectivity index (χ0) is 14.0. The fourth-order valence-corrected chi connectivity index (χ4v) is 1.66. The van der Waals surface area contributed by atoms with Crippen molar-refractivity contribution in [1.82, 2.24) is 9.55 Å². The van der Waals surface area contributed by atoms with Crippen molar-refractivity contribution in [2.75, 3.05) is 5.32 Å². The molecule has 0 spiro atoms. The van der Waals surface area contributed by atoms with Gasteiger partial charge in [0.1, 0.15) is 5.60 Å². The molecule has 0 bridgehead atoms. The van der Waals surface area contributed by atoms with Crippen LogP contribution in [-0.2, 0) is 11.8 Å². The number of hydrogen-bond donors (Lipinski definition) is 2. The van der Waals surface area contributed by atoms with Crippen LogP contribution in [0.15, 0.2) is 36.5 Å². The summed E-state index contributed by atoms with van der Waals surface area (Å²) in [5.41, 5.74) is 0.478. The highest BCUT2D eigenvalue weighted by atomic mass is 16.3. The van der Waals surface area contributed by atoms with Crippen molar-refractivity contribution < 1.29 is 9.90 Å². The van der Waals surface area contributed by atoms with Crippen molar-refractivity contribution in [3.8, 4) is 11.3 Å². The van der Waals surface area contributed by atoms with E-state index in [0.29, 0.717) is 5.95 Å². The van der Waals surface area contributed by atoms with E-state index in [1.807, 2.05) is 37.4 Å². The summed E-state index contributed by atoms with van der Waals surface area (Å²) < 4.78 is 1.78. The van der Waals surface area contributed by atoms with Gasteiger partial charge in [0.15, 0.2) is 0 Å². The highest BCUT2D eigenvalue weighted by molar-refractivity contribution is 5.95. The number of carbonyl (C=O) groups excluding carboxylic acids is 1. The third kappa shape index (κ3) is 2.82. The Kier molecular flexibility index (Phi) is 3.40. The number of imidazole rings is 1. The zero-order valence-corrected chi connectivity index (χ0v) is 11.2. The molecule has 100 valence electrons. The van der Waals surface area contributed by atoms with Gasteiger partial charge in [0, 0.05) is 7.05 Å². The van der Waals surface area contributed by atoms with E-state index in [9.17, 15) is 9.90 Å². The Bertz CT molecular complexity index is 582. The molecule has 1 aromatic carbocycles. The van der Waals surface area contributed by atoms with Gasteiger partial charge in [0.2, 0.25) is 5.95 Å². The number of anilines is 1. The summed E-state index contributed by atoms with van der Waals surface area (Å²) in [6, 6.07) is 9.77. The SMILES string of the molecule is Cn1c(-c2ccccc2)cnc1NC(=O)C(C)(C)O. The van der Waals surface area contributed by atoms with E-state index in [0.717, 1.165) is 11.3 Å². The minimum absolute atomic E-state index is 0.408. The van der Waals surface area contributed by atoms with Crippen molar-refractivity contribution in [3.63, 3.8) is 0 Å². The lowest BCUT2D eigenvalue weighted by Crippen LogP contribution is -2.37. The van der Waals surface area contributed by atoms with Crippen LogP contribution in [0.1, 0.15) is 13.8 Å². The number of benzene rings is 1. The average Bonchev–Trinajstić information content (AvgIpc) is 2.71. The van der Waals surface area contributed by atoms with Gasteiger partial charge in [-0.05, 0) is 19.4 Å². The van der Waals surface area contributed by atoms with Crippen molar-refractivity contribution in [2.45, 2.75) is 19.4 Å². The molecule has 0 saturated carbocycles. The van der Waals surface area contributed by atoms with E-state index in [2.05, 4.69) is 10.3 Å². The Hall–Kier alpha value is -2.14. The van der Waals surface area contributed by atoms with Crippen LogP contribution in [0.4, 0.5) is 5.95 Å². The second kappa shape index (κ2) is 4.85. The Morgan fingerprint density at radius 3 is 2.53 bits per heavy atom. The fourth-order valence-electron chi connectivity index (χ4n) is 1.66. The number of aromatic nitrogens is 2. The molecular formula is C14H17N3O2. The van der Waals surface area contributed by atoms with E-state index in [-0.39, 0.29) is 0 Å². The smallest absolute Gasteiger partial charge is 0.258 e. The first-order valence-corrected chi connectivity index (χ1v) is 6.00. The number of aliphatic hydroxyl groups is 1. The number of nitrogens with zero attached hydrogens (tertiary/aromatic N) is 2. The molecule has 2 N–H and O–H groups in total. The minimum Gasteiger partial charge on any atom is -0.381 e. The number of rotatable bonds is 3. The first-order chi connectivity index (χ1) is 8.89. The predicted octanol–water partition coefficient (Wildman–Crippen LogP) is 1.80. The maximum Gasteiger partial charge on any atom is 0.258 e.